The van der Waals surface area contributed by atoms with Gasteiger partial charge < -0.3 is 20.7 Å². The Balaban J connectivity index is 1.79. The number of carbonyl (C=O) groups excluding carboxylic acids is 2. The van der Waals surface area contributed by atoms with Gasteiger partial charge in [-0.2, -0.15) is 4.31 Å². The second-order valence-electron chi connectivity index (χ2n) is 11.0. The molecule has 0 saturated heterocycles. The molecule has 4 N–H and O–H groups in total. The van der Waals surface area contributed by atoms with Crippen LogP contribution >= 0.6 is 0 Å². The van der Waals surface area contributed by atoms with Crippen LogP contribution in [0.15, 0.2) is 89.8 Å². The molecule has 0 fully saturated rings. The first kappa shape index (κ1) is 35.9. The van der Waals surface area contributed by atoms with E-state index < -0.39 is 52.7 Å². The van der Waals surface area contributed by atoms with Crippen LogP contribution in [0, 0.1) is 0 Å². The number of sulfonamides is 1. The number of carbonyl (C=O) groups is 2. The molecule has 0 saturated carbocycles. The lowest BCUT2D eigenvalue weighted by Crippen LogP contribution is -2.53. The fraction of sp³-hybridized carbons (Fsp3) is 0.412. The predicted molar refractivity (Wildman–Crippen MR) is 173 cm³/mol. The van der Waals surface area contributed by atoms with E-state index in [0.29, 0.717) is 31.2 Å². The van der Waals surface area contributed by atoms with Gasteiger partial charge in [0.05, 0.1) is 31.3 Å². The van der Waals surface area contributed by atoms with Crippen LogP contribution < -0.4 is 5.73 Å². The molecule has 0 bridgehead atoms. The van der Waals surface area contributed by atoms with Crippen LogP contribution in [-0.4, -0.2) is 78.2 Å². The van der Waals surface area contributed by atoms with Gasteiger partial charge in [0.1, 0.15) is 0 Å². The van der Waals surface area contributed by atoms with Gasteiger partial charge in [0.2, 0.25) is 15.9 Å². The normalized spacial score (nSPS) is 13.8. The van der Waals surface area contributed by atoms with Gasteiger partial charge in [0.15, 0.2) is 0 Å². The first-order valence-corrected chi connectivity index (χ1v) is 16.6. The standard InChI is InChI=1S/C34H45N3O7S/c1-4-22-36(45(42,43)30-20-18-26(23-38)19-21-30)29(24-39)17-11-12-25(2)37(34(41)44-3)33(40)32(35)31(27-13-7-5-8-14-27)28-15-9-6-10-16-28/h5-10,13-16,18-21,25,29,31-32,38-39H,4,11-12,17,22-24,35H2,1-3H3/t25?,29-,32-/m0/s1. The molecule has 1 unspecified atom stereocenters. The van der Waals surface area contributed by atoms with Crippen molar-refractivity contribution in [2.45, 2.75) is 75.1 Å². The summed E-state index contributed by atoms with van der Waals surface area (Å²) in [5.74, 6) is -1.11. The third-order valence-corrected chi connectivity index (χ3v) is 9.91. The van der Waals surface area contributed by atoms with Crippen LogP contribution in [0.5, 0.6) is 0 Å². The molecular formula is C34H45N3O7S. The number of aliphatic hydroxyl groups excluding tert-OH is 2. The quantitative estimate of drug-likeness (QED) is 0.211. The average molecular weight is 640 g/mol. The molecule has 0 aliphatic heterocycles. The molecule has 2 amide bonds. The molecule has 3 aromatic carbocycles. The van der Waals surface area contributed by atoms with Crippen LogP contribution in [0.3, 0.4) is 0 Å². The number of imide groups is 1. The molecule has 10 nitrogen and oxygen atoms in total. The fourth-order valence-electron chi connectivity index (χ4n) is 5.54. The Morgan fingerprint density at radius 1 is 0.889 bits per heavy atom. The minimum atomic E-state index is -3.93. The van der Waals surface area contributed by atoms with Crippen molar-refractivity contribution in [3.8, 4) is 0 Å². The van der Waals surface area contributed by atoms with E-state index in [1.807, 2.05) is 67.6 Å². The molecule has 3 aromatic rings. The van der Waals surface area contributed by atoms with Crippen LogP contribution in [0.1, 0.15) is 62.1 Å². The molecule has 0 heterocycles. The SMILES string of the molecule is CCCN([C@H](CO)CCCC(C)N(C(=O)OC)C(=O)[C@@H](N)C(c1ccccc1)c1ccccc1)S(=O)(=O)c1ccc(CO)cc1. The third-order valence-electron chi connectivity index (χ3n) is 7.94. The van der Waals surface area contributed by atoms with Gasteiger partial charge in [0.25, 0.3) is 0 Å². The smallest absolute Gasteiger partial charge is 0.416 e. The molecule has 3 rings (SSSR count). The number of rotatable bonds is 16. The summed E-state index contributed by atoms with van der Waals surface area (Å²) >= 11 is 0. The Kier molecular flexibility index (Phi) is 13.7. The molecule has 0 aliphatic carbocycles. The minimum Gasteiger partial charge on any atom is -0.452 e. The van der Waals surface area contributed by atoms with Crippen molar-refractivity contribution in [3.63, 3.8) is 0 Å². The topological polar surface area (TPSA) is 150 Å². The lowest BCUT2D eigenvalue weighted by Gasteiger charge is -2.33. The van der Waals surface area contributed by atoms with Crippen molar-refractivity contribution in [2.24, 2.45) is 5.73 Å². The number of methoxy groups -OCH3 is 1. The maximum absolute atomic E-state index is 13.9. The zero-order valence-electron chi connectivity index (χ0n) is 26.2. The summed E-state index contributed by atoms with van der Waals surface area (Å²) in [5.41, 5.74) is 8.88. The van der Waals surface area contributed by atoms with Crippen molar-refractivity contribution in [1.82, 2.24) is 9.21 Å². The van der Waals surface area contributed by atoms with Gasteiger partial charge in [-0.1, -0.05) is 79.7 Å². The number of nitrogens with two attached hydrogens (primary N) is 1. The average Bonchev–Trinajstić information content (AvgIpc) is 3.06. The molecule has 45 heavy (non-hydrogen) atoms. The molecule has 3 atom stereocenters. The van der Waals surface area contributed by atoms with Gasteiger partial charge in [-0.25, -0.2) is 18.1 Å². The molecule has 0 spiro atoms. The summed E-state index contributed by atoms with van der Waals surface area (Å²) in [6.07, 6.45) is 0.732. The Morgan fingerprint density at radius 2 is 1.44 bits per heavy atom. The fourth-order valence-corrected chi connectivity index (χ4v) is 7.28. The zero-order chi connectivity index (χ0) is 33.0. The van der Waals surface area contributed by atoms with Crippen molar-refractivity contribution in [2.75, 3.05) is 20.3 Å². The summed E-state index contributed by atoms with van der Waals surface area (Å²) in [5, 5.41) is 19.6. The van der Waals surface area contributed by atoms with Gasteiger partial charge in [-0.05, 0) is 61.4 Å². The highest BCUT2D eigenvalue weighted by molar-refractivity contribution is 7.89. The third kappa shape index (κ3) is 8.99. The number of ether oxygens (including phenoxy) is 1. The van der Waals surface area contributed by atoms with Crippen LogP contribution in [0.25, 0.3) is 0 Å². The van der Waals surface area contributed by atoms with Crippen molar-refractivity contribution < 1.29 is 33.0 Å². The van der Waals surface area contributed by atoms with Gasteiger partial charge in [0, 0.05) is 24.5 Å². The number of hydrogen-bond donors (Lipinski definition) is 3. The molecule has 0 aromatic heterocycles. The number of benzene rings is 3. The molecule has 244 valence electrons. The van der Waals surface area contributed by atoms with E-state index >= 15 is 0 Å². The van der Waals surface area contributed by atoms with Crippen molar-refractivity contribution in [1.29, 1.82) is 0 Å². The highest BCUT2D eigenvalue weighted by atomic mass is 32.2. The summed E-state index contributed by atoms with van der Waals surface area (Å²) < 4.78 is 33.4. The maximum Gasteiger partial charge on any atom is 0.416 e. The van der Waals surface area contributed by atoms with E-state index in [1.165, 1.54) is 23.5 Å². The van der Waals surface area contributed by atoms with Crippen molar-refractivity contribution >= 4 is 22.0 Å². The summed E-state index contributed by atoms with van der Waals surface area (Å²) in [6, 6.07) is 22.4. The van der Waals surface area contributed by atoms with Gasteiger partial charge in [-0.3, -0.25) is 4.79 Å². The Morgan fingerprint density at radius 3 is 1.91 bits per heavy atom. The van der Waals surface area contributed by atoms with Gasteiger partial charge >= 0.3 is 6.09 Å². The van der Waals surface area contributed by atoms with E-state index in [-0.39, 0.29) is 18.0 Å². The van der Waals surface area contributed by atoms with E-state index in [4.69, 9.17) is 10.5 Å². The maximum atomic E-state index is 13.9. The van der Waals surface area contributed by atoms with E-state index in [0.717, 1.165) is 16.0 Å². The van der Waals surface area contributed by atoms with Crippen LogP contribution in [0.4, 0.5) is 4.79 Å². The number of nitrogens with zero attached hydrogens (tertiary/aromatic N) is 2. The Labute approximate surface area is 266 Å². The summed E-state index contributed by atoms with van der Waals surface area (Å²) in [6.45, 7) is 3.18. The Bertz CT molecular complexity index is 1410. The second kappa shape index (κ2) is 17.2. The van der Waals surface area contributed by atoms with E-state index in [9.17, 15) is 28.2 Å². The predicted octanol–water partition coefficient (Wildman–Crippen LogP) is 4.25. The van der Waals surface area contributed by atoms with Crippen LogP contribution in [-0.2, 0) is 26.2 Å². The largest absolute Gasteiger partial charge is 0.452 e. The lowest BCUT2D eigenvalue weighted by atomic mass is 9.84. The number of amides is 2. The highest BCUT2D eigenvalue weighted by Gasteiger charge is 2.37. The van der Waals surface area contributed by atoms with Crippen LogP contribution in [0.2, 0.25) is 0 Å². The lowest BCUT2D eigenvalue weighted by molar-refractivity contribution is -0.132. The number of aliphatic hydroxyl groups is 2. The molecule has 0 radical (unpaired) electrons. The van der Waals surface area contributed by atoms with Crippen molar-refractivity contribution in [3.05, 3.63) is 102 Å². The molecule has 11 heteroatoms. The molecule has 0 aliphatic rings. The highest BCUT2D eigenvalue weighted by Crippen LogP contribution is 2.29. The monoisotopic (exact) mass is 639 g/mol. The van der Waals surface area contributed by atoms with E-state index in [1.54, 1.807) is 19.1 Å². The Hall–Kier alpha value is -3.61. The summed E-state index contributed by atoms with van der Waals surface area (Å²) in [4.78, 5) is 28.0. The minimum absolute atomic E-state index is 0.0720. The second-order valence-corrected chi connectivity index (χ2v) is 12.9. The first-order chi connectivity index (χ1) is 21.6. The van der Waals surface area contributed by atoms with Gasteiger partial charge in [-0.15, -0.1) is 0 Å². The molecular weight excluding hydrogens is 594 g/mol. The number of hydrogen-bond acceptors (Lipinski definition) is 8. The first-order valence-electron chi connectivity index (χ1n) is 15.2. The summed E-state index contributed by atoms with van der Waals surface area (Å²) in [7, 11) is -2.73. The zero-order valence-corrected chi connectivity index (χ0v) is 27.0. The van der Waals surface area contributed by atoms with E-state index in [2.05, 4.69) is 0 Å².